The predicted octanol–water partition coefficient (Wildman–Crippen LogP) is 2.11. The van der Waals surface area contributed by atoms with Gasteiger partial charge in [0.05, 0.1) is 5.92 Å². The molecule has 1 N–H and O–H groups in total. The number of rotatable bonds is 4. The van der Waals surface area contributed by atoms with Gasteiger partial charge in [-0.25, -0.2) is 0 Å². The molecular formula is C19H29N3O. The Labute approximate surface area is 139 Å². The van der Waals surface area contributed by atoms with Gasteiger partial charge >= 0.3 is 0 Å². The second kappa shape index (κ2) is 7.93. The molecule has 0 unspecified atom stereocenters. The highest BCUT2D eigenvalue weighted by Crippen LogP contribution is 2.23. The van der Waals surface area contributed by atoms with Crippen LogP contribution in [0.15, 0.2) is 30.3 Å². The van der Waals surface area contributed by atoms with Crippen molar-refractivity contribution in [3.8, 4) is 0 Å². The number of carbonyl (C=O) groups is 1. The second-order valence-electron chi connectivity index (χ2n) is 7.07. The molecule has 0 saturated carbocycles. The van der Waals surface area contributed by atoms with Crippen LogP contribution < -0.4 is 5.32 Å². The summed E-state index contributed by atoms with van der Waals surface area (Å²) in [4.78, 5) is 17.5. The Hall–Kier alpha value is -1.39. The number of hydrogen-bond donors (Lipinski definition) is 1. The first-order valence-corrected chi connectivity index (χ1v) is 8.96. The van der Waals surface area contributed by atoms with Gasteiger partial charge in [0.15, 0.2) is 0 Å². The average Bonchev–Trinajstić information content (AvgIpc) is 2.61. The summed E-state index contributed by atoms with van der Waals surface area (Å²) in [7, 11) is 2.20. The molecule has 1 aromatic carbocycles. The van der Waals surface area contributed by atoms with E-state index in [9.17, 15) is 4.79 Å². The molecule has 2 fully saturated rings. The van der Waals surface area contributed by atoms with E-state index < -0.39 is 0 Å². The number of hydrogen-bond acceptors (Lipinski definition) is 3. The van der Waals surface area contributed by atoms with E-state index >= 15 is 0 Å². The first-order chi connectivity index (χ1) is 11.2. The molecule has 2 heterocycles. The maximum Gasteiger partial charge on any atom is 0.224 e. The van der Waals surface area contributed by atoms with Crippen LogP contribution in [0.5, 0.6) is 0 Å². The van der Waals surface area contributed by atoms with Crippen molar-refractivity contribution in [1.29, 1.82) is 0 Å². The Bertz CT molecular complexity index is 497. The minimum absolute atomic E-state index is 0.159. The monoisotopic (exact) mass is 315 g/mol. The number of nitrogens with zero attached hydrogens (tertiary/aromatic N) is 2. The van der Waals surface area contributed by atoms with Gasteiger partial charge in [-0.3, -0.25) is 9.69 Å². The van der Waals surface area contributed by atoms with Crippen molar-refractivity contribution < 1.29 is 4.79 Å². The molecule has 0 bridgehead atoms. The number of amides is 1. The first kappa shape index (κ1) is 16.5. The SMILES string of the molecule is CN1CCC(N2CCC[C@H](C(=O)NCc3ccccc3)C2)CC1. The van der Waals surface area contributed by atoms with Gasteiger partial charge in [0.2, 0.25) is 5.91 Å². The van der Waals surface area contributed by atoms with Gasteiger partial charge in [0, 0.05) is 19.1 Å². The lowest BCUT2D eigenvalue weighted by atomic mass is 9.93. The van der Waals surface area contributed by atoms with Crippen LogP contribution in [0.2, 0.25) is 0 Å². The van der Waals surface area contributed by atoms with Crippen LogP contribution in [0.25, 0.3) is 0 Å². The highest BCUT2D eigenvalue weighted by Gasteiger charge is 2.30. The number of likely N-dealkylation sites (tertiary alicyclic amines) is 2. The van der Waals surface area contributed by atoms with Crippen LogP contribution in [0.3, 0.4) is 0 Å². The summed E-state index contributed by atoms with van der Waals surface area (Å²) < 4.78 is 0. The lowest BCUT2D eigenvalue weighted by Crippen LogP contribution is -2.50. The Morgan fingerprint density at radius 3 is 2.61 bits per heavy atom. The van der Waals surface area contributed by atoms with E-state index in [2.05, 4.69) is 34.3 Å². The Balaban J connectivity index is 1.48. The summed E-state index contributed by atoms with van der Waals surface area (Å²) in [5.74, 6) is 0.388. The van der Waals surface area contributed by atoms with E-state index in [0.29, 0.717) is 12.6 Å². The average molecular weight is 315 g/mol. The fourth-order valence-corrected chi connectivity index (χ4v) is 3.84. The lowest BCUT2D eigenvalue weighted by Gasteiger charge is -2.41. The fraction of sp³-hybridized carbons (Fsp3) is 0.632. The molecule has 1 amide bonds. The van der Waals surface area contributed by atoms with Gasteiger partial charge in [-0.2, -0.15) is 0 Å². The van der Waals surface area contributed by atoms with Crippen molar-refractivity contribution in [2.24, 2.45) is 5.92 Å². The molecule has 3 rings (SSSR count). The highest BCUT2D eigenvalue weighted by molar-refractivity contribution is 5.78. The largest absolute Gasteiger partial charge is 0.352 e. The van der Waals surface area contributed by atoms with E-state index in [0.717, 1.165) is 25.9 Å². The summed E-state index contributed by atoms with van der Waals surface area (Å²) in [6.07, 6.45) is 4.67. The summed E-state index contributed by atoms with van der Waals surface area (Å²) >= 11 is 0. The third kappa shape index (κ3) is 4.55. The van der Waals surface area contributed by atoms with E-state index in [4.69, 9.17) is 0 Å². The number of carbonyl (C=O) groups excluding carboxylic acids is 1. The zero-order chi connectivity index (χ0) is 16.1. The molecule has 4 nitrogen and oxygen atoms in total. The molecule has 2 aliphatic heterocycles. The van der Waals surface area contributed by atoms with Gasteiger partial charge in [-0.15, -0.1) is 0 Å². The zero-order valence-electron chi connectivity index (χ0n) is 14.2. The lowest BCUT2D eigenvalue weighted by molar-refractivity contribution is -0.127. The van der Waals surface area contributed by atoms with Crippen LogP contribution in [0, 0.1) is 5.92 Å². The van der Waals surface area contributed by atoms with Crippen LogP contribution in [0.4, 0.5) is 0 Å². The van der Waals surface area contributed by atoms with Gasteiger partial charge < -0.3 is 10.2 Å². The molecule has 23 heavy (non-hydrogen) atoms. The van der Waals surface area contributed by atoms with E-state index in [1.54, 1.807) is 0 Å². The molecule has 0 radical (unpaired) electrons. The Kier molecular flexibility index (Phi) is 5.68. The zero-order valence-corrected chi connectivity index (χ0v) is 14.2. The summed E-state index contributed by atoms with van der Waals surface area (Å²) in [5.41, 5.74) is 1.17. The van der Waals surface area contributed by atoms with Gasteiger partial charge in [-0.05, 0) is 57.9 Å². The molecule has 0 aromatic heterocycles. The van der Waals surface area contributed by atoms with Gasteiger partial charge in [0.1, 0.15) is 0 Å². The third-order valence-electron chi connectivity index (χ3n) is 5.34. The molecule has 126 valence electrons. The fourth-order valence-electron chi connectivity index (χ4n) is 3.84. The summed E-state index contributed by atoms with van der Waals surface area (Å²) in [5, 5.41) is 3.13. The van der Waals surface area contributed by atoms with Crippen LogP contribution in [-0.4, -0.2) is 55.0 Å². The Morgan fingerprint density at radius 1 is 1.13 bits per heavy atom. The van der Waals surface area contributed by atoms with Crippen molar-refractivity contribution in [2.75, 3.05) is 33.2 Å². The second-order valence-corrected chi connectivity index (χ2v) is 7.07. The molecule has 2 saturated heterocycles. The third-order valence-corrected chi connectivity index (χ3v) is 5.34. The van der Waals surface area contributed by atoms with Crippen molar-refractivity contribution >= 4 is 5.91 Å². The minimum atomic E-state index is 0.159. The smallest absolute Gasteiger partial charge is 0.224 e. The number of nitrogens with one attached hydrogen (secondary N) is 1. The minimum Gasteiger partial charge on any atom is -0.352 e. The van der Waals surface area contributed by atoms with E-state index in [-0.39, 0.29) is 11.8 Å². The van der Waals surface area contributed by atoms with Crippen molar-refractivity contribution in [2.45, 2.75) is 38.3 Å². The van der Waals surface area contributed by atoms with Crippen LogP contribution in [0.1, 0.15) is 31.2 Å². The quantitative estimate of drug-likeness (QED) is 0.924. The molecule has 1 aromatic rings. The normalized spacial score (nSPS) is 24.5. The molecular weight excluding hydrogens is 286 g/mol. The molecule has 2 aliphatic rings. The molecule has 4 heteroatoms. The van der Waals surface area contributed by atoms with Gasteiger partial charge in [-0.1, -0.05) is 30.3 Å². The highest BCUT2D eigenvalue weighted by atomic mass is 16.1. The van der Waals surface area contributed by atoms with Gasteiger partial charge in [0.25, 0.3) is 0 Å². The standard InChI is InChI=1S/C19H29N3O/c1-21-12-9-18(10-13-21)22-11-5-8-17(15-22)19(23)20-14-16-6-3-2-4-7-16/h2-4,6-7,17-18H,5,8-15H2,1H3,(H,20,23)/t17-/m0/s1. The molecule has 0 spiro atoms. The van der Waals surface area contributed by atoms with Crippen molar-refractivity contribution in [3.05, 3.63) is 35.9 Å². The van der Waals surface area contributed by atoms with E-state index in [1.165, 1.54) is 31.5 Å². The predicted molar refractivity (Wildman–Crippen MR) is 93.1 cm³/mol. The van der Waals surface area contributed by atoms with Crippen LogP contribution >= 0.6 is 0 Å². The maximum atomic E-state index is 12.5. The van der Waals surface area contributed by atoms with Crippen LogP contribution in [-0.2, 0) is 11.3 Å². The molecule has 0 aliphatic carbocycles. The first-order valence-electron chi connectivity index (χ1n) is 8.96. The van der Waals surface area contributed by atoms with Crippen molar-refractivity contribution in [3.63, 3.8) is 0 Å². The topological polar surface area (TPSA) is 35.6 Å². The summed E-state index contributed by atoms with van der Waals surface area (Å²) in [6.45, 7) is 5.12. The van der Waals surface area contributed by atoms with Crippen molar-refractivity contribution in [1.82, 2.24) is 15.1 Å². The summed E-state index contributed by atoms with van der Waals surface area (Å²) in [6, 6.07) is 10.8. The van der Waals surface area contributed by atoms with E-state index in [1.807, 2.05) is 18.2 Å². The number of piperidine rings is 2. The maximum absolute atomic E-state index is 12.5. The number of benzene rings is 1. The molecule has 1 atom stereocenters. The Morgan fingerprint density at radius 2 is 1.87 bits per heavy atom.